The summed E-state index contributed by atoms with van der Waals surface area (Å²) in [5, 5.41) is 19.1. The molecule has 0 spiro atoms. The number of aromatic amines is 1. The van der Waals surface area contributed by atoms with Crippen molar-refractivity contribution < 1.29 is 4.79 Å². The summed E-state index contributed by atoms with van der Waals surface area (Å²) in [5.74, 6) is 2.42. The van der Waals surface area contributed by atoms with Gasteiger partial charge in [-0.05, 0) is 44.7 Å². The van der Waals surface area contributed by atoms with Gasteiger partial charge in [0.2, 0.25) is 11.9 Å². The Morgan fingerprint density at radius 2 is 2.22 bits per heavy atom. The van der Waals surface area contributed by atoms with E-state index in [1.807, 2.05) is 36.2 Å². The molecule has 1 aliphatic carbocycles. The van der Waals surface area contributed by atoms with Gasteiger partial charge in [0, 0.05) is 41.5 Å². The summed E-state index contributed by atoms with van der Waals surface area (Å²) in [5.41, 5.74) is 2.00. The Labute approximate surface area is 188 Å². The molecule has 164 valence electrons. The second kappa shape index (κ2) is 7.59. The van der Waals surface area contributed by atoms with Crippen molar-refractivity contribution in [3.63, 3.8) is 0 Å². The number of carbonyl (C=O) groups is 1. The topological polar surface area (TPSA) is 116 Å². The highest BCUT2D eigenvalue weighted by Gasteiger charge is 2.34. The first-order valence-corrected chi connectivity index (χ1v) is 11.6. The molecule has 6 rings (SSSR count). The lowest BCUT2D eigenvalue weighted by atomic mass is 10.2. The van der Waals surface area contributed by atoms with Gasteiger partial charge in [-0.15, -0.1) is 16.4 Å². The van der Waals surface area contributed by atoms with Crippen LogP contribution in [-0.4, -0.2) is 48.3 Å². The maximum atomic E-state index is 13.0. The monoisotopic (exact) mass is 449 g/mol. The highest BCUT2D eigenvalue weighted by Crippen LogP contribution is 2.39. The van der Waals surface area contributed by atoms with Crippen LogP contribution in [0.2, 0.25) is 0 Å². The Kier molecular flexibility index (Phi) is 4.56. The predicted molar refractivity (Wildman–Crippen MR) is 123 cm³/mol. The van der Waals surface area contributed by atoms with Gasteiger partial charge >= 0.3 is 0 Å². The number of nitrogens with zero attached hydrogens (tertiary/aromatic N) is 6. The van der Waals surface area contributed by atoms with Gasteiger partial charge < -0.3 is 15.5 Å². The van der Waals surface area contributed by atoms with E-state index in [0.29, 0.717) is 22.8 Å². The summed E-state index contributed by atoms with van der Waals surface area (Å²) in [6.07, 6.45) is 7.71. The third-order valence-electron chi connectivity index (χ3n) is 5.90. The summed E-state index contributed by atoms with van der Waals surface area (Å²) in [4.78, 5) is 25.1. The standard InChI is InChI=1S/C21H23N9OS/c1-12-11-22-21(32-12)25-19(31)16-5-2-8-29(16)20-24-18(15-4-3-9-30(15)28-20)23-17-10-14(26-27-17)13-6-7-13/h3-4,9-11,13,16H,2,5-8H2,1H3,(H,22,25,31)(H2,23,24,26,27,28)/t16-/m0/s1. The minimum Gasteiger partial charge on any atom is -0.327 e. The summed E-state index contributed by atoms with van der Waals surface area (Å²) < 4.78 is 1.79. The van der Waals surface area contributed by atoms with E-state index in [4.69, 9.17) is 4.98 Å². The quantitative estimate of drug-likeness (QED) is 0.413. The second-order valence-corrected chi connectivity index (χ2v) is 9.56. The number of hydrogen-bond donors (Lipinski definition) is 3. The Balaban J connectivity index is 1.28. The lowest BCUT2D eigenvalue weighted by Crippen LogP contribution is -2.40. The maximum Gasteiger partial charge on any atom is 0.248 e. The zero-order valence-electron chi connectivity index (χ0n) is 17.6. The summed E-state index contributed by atoms with van der Waals surface area (Å²) in [7, 11) is 0. The molecular weight excluding hydrogens is 426 g/mol. The van der Waals surface area contributed by atoms with Crippen molar-refractivity contribution >= 4 is 45.5 Å². The predicted octanol–water partition coefficient (Wildman–Crippen LogP) is 3.45. The molecule has 2 aliphatic rings. The first kappa shape index (κ1) is 19.2. The van der Waals surface area contributed by atoms with Gasteiger partial charge in [-0.1, -0.05) is 0 Å². The lowest BCUT2D eigenvalue weighted by molar-refractivity contribution is -0.117. The molecule has 1 saturated heterocycles. The highest BCUT2D eigenvalue weighted by molar-refractivity contribution is 7.15. The van der Waals surface area contributed by atoms with Gasteiger partial charge in [-0.25, -0.2) is 9.50 Å². The van der Waals surface area contributed by atoms with Crippen molar-refractivity contribution in [3.8, 4) is 0 Å². The Morgan fingerprint density at radius 3 is 3.03 bits per heavy atom. The number of fused-ring (bicyclic) bond motifs is 1. The van der Waals surface area contributed by atoms with Crippen LogP contribution in [0.15, 0.2) is 30.6 Å². The number of anilines is 4. The first-order chi connectivity index (χ1) is 15.6. The number of carbonyl (C=O) groups excluding carboxylic acids is 1. The van der Waals surface area contributed by atoms with Gasteiger partial charge in [0.05, 0.1) is 0 Å². The van der Waals surface area contributed by atoms with Gasteiger partial charge in [-0.3, -0.25) is 9.89 Å². The minimum absolute atomic E-state index is 0.0797. The van der Waals surface area contributed by atoms with E-state index in [1.165, 1.54) is 24.2 Å². The molecule has 2 fully saturated rings. The van der Waals surface area contributed by atoms with Crippen LogP contribution in [0.1, 0.15) is 42.2 Å². The smallest absolute Gasteiger partial charge is 0.248 e. The van der Waals surface area contributed by atoms with Crippen LogP contribution >= 0.6 is 11.3 Å². The molecule has 0 bridgehead atoms. The number of H-pyrrole nitrogens is 1. The normalized spacial score (nSPS) is 18.4. The molecule has 1 amide bonds. The fourth-order valence-corrected chi connectivity index (χ4v) is 4.81. The summed E-state index contributed by atoms with van der Waals surface area (Å²) in [6.45, 7) is 2.69. The fourth-order valence-electron chi connectivity index (χ4n) is 4.14. The van der Waals surface area contributed by atoms with E-state index in [-0.39, 0.29) is 11.9 Å². The van der Waals surface area contributed by atoms with Crippen LogP contribution in [0.25, 0.3) is 5.52 Å². The average Bonchev–Trinajstić information content (AvgIpc) is 3.20. The number of hydrogen-bond acceptors (Lipinski definition) is 8. The van der Waals surface area contributed by atoms with Crippen LogP contribution in [0.3, 0.4) is 0 Å². The molecule has 1 aliphatic heterocycles. The van der Waals surface area contributed by atoms with Crippen molar-refractivity contribution in [2.75, 3.05) is 22.1 Å². The lowest BCUT2D eigenvalue weighted by Gasteiger charge is -2.24. The third kappa shape index (κ3) is 3.58. The van der Waals surface area contributed by atoms with Crippen molar-refractivity contribution in [2.45, 2.75) is 44.6 Å². The van der Waals surface area contributed by atoms with Crippen LogP contribution in [0.5, 0.6) is 0 Å². The van der Waals surface area contributed by atoms with Gasteiger partial charge in [0.1, 0.15) is 11.6 Å². The maximum absolute atomic E-state index is 13.0. The average molecular weight is 450 g/mol. The van der Waals surface area contributed by atoms with Crippen LogP contribution < -0.4 is 15.5 Å². The molecule has 3 N–H and O–H groups in total. The minimum atomic E-state index is -0.341. The van der Waals surface area contributed by atoms with Crippen molar-refractivity contribution in [1.82, 2.24) is 29.8 Å². The fraction of sp³-hybridized carbons (Fsp3) is 0.381. The van der Waals surface area contributed by atoms with Gasteiger partial charge in [0.15, 0.2) is 16.8 Å². The Morgan fingerprint density at radius 1 is 1.31 bits per heavy atom. The van der Waals surface area contributed by atoms with Crippen molar-refractivity contribution in [3.05, 3.63) is 41.2 Å². The Bertz CT molecular complexity index is 1290. The molecule has 11 heteroatoms. The van der Waals surface area contributed by atoms with E-state index in [1.54, 1.807) is 10.7 Å². The van der Waals surface area contributed by atoms with Crippen LogP contribution in [-0.2, 0) is 4.79 Å². The summed E-state index contributed by atoms with van der Waals surface area (Å²) in [6, 6.07) is 5.59. The number of aromatic nitrogens is 6. The van der Waals surface area contributed by atoms with Crippen LogP contribution in [0.4, 0.5) is 22.7 Å². The second-order valence-electron chi connectivity index (χ2n) is 8.32. The molecule has 4 aromatic heterocycles. The van der Waals surface area contributed by atoms with Gasteiger partial charge in [-0.2, -0.15) is 10.1 Å². The molecule has 0 aromatic carbocycles. The molecule has 0 unspecified atom stereocenters. The molecule has 1 saturated carbocycles. The number of thiazole rings is 1. The molecular formula is C21H23N9OS. The van der Waals surface area contributed by atoms with Crippen molar-refractivity contribution in [2.24, 2.45) is 0 Å². The molecule has 4 aromatic rings. The van der Waals surface area contributed by atoms with E-state index in [9.17, 15) is 4.79 Å². The van der Waals surface area contributed by atoms with E-state index in [0.717, 1.165) is 41.3 Å². The molecule has 5 heterocycles. The van der Waals surface area contributed by atoms with Crippen molar-refractivity contribution in [1.29, 1.82) is 0 Å². The van der Waals surface area contributed by atoms with Crippen LogP contribution in [0, 0.1) is 6.92 Å². The number of amides is 1. The first-order valence-electron chi connectivity index (χ1n) is 10.8. The molecule has 0 radical (unpaired) electrons. The molecule has 1 atom stereocenters. The number of aryl methyl sites for hydroxylation is 1. The number of rotatable bonds is 6. The third-order valence-corrected chi connectivity index (χ3v) is 6.73. The van der Waals surface area contributed by atoms with Gasteiger partial charge in [0.25, 0.3) is 0 Å². The van der Waals surface area contributed by atoms with E-state index < -0.39 is 0 Å². The SMILES string of the molecule is Cc1cnc(NC(=O)[C@@H]2CCCN2c2nc(Nc3cc(C4CC4)[nH]n3)c3cccn3n2)s1. The largest absolute Gasteiger partial charge is 0.327 e. The highest BCUT2D eigenvalue weighted by atomic mass is 32.1. The Hall–Kier alpha value is -3.47. The summed E-state index contributed by atoms with van der Waals surface area (Å²) >= 11 is 1.47. The molecule has 10 nitrogen and oxygen atoms in total. The molecule has 32 heavy (non-hydrogen) atoms. The van der Waals surface area contributed by atoms with E-state index >= 15 is 0 Å². The number of nitrogens with one attached hydrogen (secondary N) is 3. The zero-order chi connectivity index (χ0) is 21.7. The zero-order valence-corrected chi connectivity index (χ0v) is 18.4. The van der Waals surface area contributed by atoms with E-state index in [2.05, 4.69) is 30.9 Å².